The van der Waals surface area contributed by atoms with Crippen molar-refractivity contribution in [3.63, 3.8) is 0 Å². The first kappa shape index (κ1) is 10.8. The Balaban J connectivity index is 1.95. The van der Waals surface area contributed by atoms with Crippen LogP contribution in [0.4, 0.5) is 5.82 Å². The standard InChI is InChI=1S/C10H14BrN3O/c11-9-5-12-6-13-10(9)14-7-1-3-8(15)4-2-7/h5-8,15H,1-4H2,(H,12,13,14). The lowest BCUT2D eigenvalue weighted by Gasteiger charge is -2.26. The van der Waals surface area contributed by atoms with E-state index in [9.17, 15) is 5.11 Å². The Bertz CT molecular complexity index is 326. The van der Waals surface area contributed by atoms with Crippen LogP contribution in [0, 0.1) is 0 Å². The minimum absolute atomic E-state index is 0.114. The second-order valence-corrected chi connectivity index (χ2v) is 4.72. The van der Waals surface area contributed by atoms with Crippen molar-refractivity contribution >= 4 is 21.7 Å². The zero-order valence-corrected chi connectivity index (χ0v) is 9.94. The van der Waals surface area contributed by atoms with Gasteiger partial charge in [-0.3, -0.25) is 0 Å². The molecule has 0 atom stereocenters. The molecule has 1 heterocycles. The maximum Gasteiger partial charge on any atom is 0.143 e. The molecule has 0 spiro atoms. The zero-order valence-electron chi connectivity index (χ0n) is 8.36. The topological polar surface area (TPSA) is 58.0 Å². The van der Waals surface area contributed by atoms with Crippen molar-refractivity contribution in [2.75, 3.05) is 5.32 Å². The number of halogens is 1. The second kappa shape index (κ2) is 4.90. The SMILES string of the molecule is OC1CCC(Nc2ncncc2Br)CC1. The lowest BCUT2D eigenvalue weighted by Crippen LogP contribution is -2.28. The Hall–Kier alpha value is -0.680. The van der Waals surface area contributed by atoms with E-state index in [2.05, 4.69) is 31.2 Å². The number of nitrogens with zero attached hydrogens (tertiary/aromatic N) is 2. The van der Waals surface area contributed by atoms with E-state index < -0.39 is 0 Å². The van der Waals surface area contributed by atoms with Crippen LogP contribution in [-0.2, 0) is 0 Å². The number of rotatable bonds is 2. The molecule has 15 heavy (non-hydrogen) atoms. The van der Waals surface area contributed by atoms with E-state index in [1.807, 2.05) is 0 Å². The average Bonchev–Trinajstić information content (AvgIpc) is 2.25. The van der Waals surface area contributed by atoms with Crippen LogP contribution < -0.4 is 5.32 Å². The van der Waals surface area contributed by atoms with Crippen LogP contribution in [0.1, 0.15) is 25.7 Å². The van der Waals surface area contributed by atoms with Gasteiger partial charge in [-0.25, -0.2) is 9.97 Å². The lowest BCUT2D eigenvalue weighted by atomic mass is 9.93. The van der Waals surface area contributed by atoms with Gasteiger partial charge in [0.05, 0.1) is 10.6 Å². The van der Waals surface area contributed by atoms with Crippen molar-refractivity contribution in [2.24, 2.45) is 0 Å². The van der Waals surface area contributed by atoms with Crippen molar-refractivity contribution in [1.29, 1.82) is 0 Å². The van der Waals surface area contributed by atoms with Crippen LogP contribution in [0.2, 0.25) is 0 Å². The highest BCUT2D eigenvalue weighted by molar-refractivity contribution is 9.10. The fourth-order valence-corrected chi connectivity index (χ4v) is 2.17. The van der Waals surface area contributed by atoms with E-state index >= 15 is 0 Å². The van der Waals surface area contributed by atoms with Gasteiger partial charge in [-0.1, -0.05) is 0 Å². The summed E-state index contributed by atoms with van der Waals surface area (Å²) in [5, 5.41) is 12.7. The largest absolute Gasteiger partial charge is 0.393 e. The summed E-state index contributed by atoms with van der Waals surface area (Å²) >= 11 is 3.40. The van der Waals surface area contributed by atoms with Crippen molar-refractivity contribution < 1.29 is 5.11 Å². The molecule has 0 radical (unpaired) electrons. The molecule has 1 aliphatic rings. The zero-order chi connectivity index (χ0) is 10.7. The molecular formula is C10H14BrN3O. The maximum atomic E-state index is 9.38. The molecule has 0 aromatic carbocycles. The lowest BCUT2D eigenvalue weighted by molar-refractivity contribution is 0.126. The van der Waals surface area contributed by atoms with Gasteiger partial charge in [0.2, 0.25) is 0 Å². The van der Waals surface area contributed by atoms with Crippen molar-refractivity contribution in [2.45, 2.75) is 37.8 Å². The highest BCUT2D eigenvalue weighted by Crippen LogP contribution is 2.24. The minimum Gasteiger partial charge on any atom is -0.393 e. The van der Waals surface area contributed by atoms with Crippen LogP contribution in [0.25, 0.3) is 0 Å². The molecule has 0 aliphatic heterocycles. The quantitative estimate of drug-likeness (QED) is 0.864. The van der Waals surface area contributed by atoms with E-state index in [1.54, 1.807) is 6.20 Å². The Labute approximate surface area is 97.3 Å². The molecule has 1 saturated carbocycles. The third kappa shape index (κ3) is 2.89. The minimum atomic E-state index is -0.114. The van der Waals surface area contributed by atoms with Gasteiger partial charge in [-0.15, -0.1) is 0 Å². The summed E-state index contributed by atoms with van der Waals surface area (Å²) in [6.45, 7) is 0. The number of nitrogens with one attached hydrogen (secondary N) is 1. The van der Waals surface area contributed by atoms with E-state index in [-0.39, 0.29) is 6.10 Å². The number of hydrogen-bond acceptors (Lipinski definition) is 4. The van der Waals surface area contributed by atoms with Gasteiger partial charge in [-0.05, 0) is 41.6 Å². The smallest absolute Gasteiger partial charge is 0.143 e. The molecule has 1 fully saturated rings. The van der Waals surface area contributed by atoms with Gasteiger partial charge in [0, 0.05) is 12.2 Å². The van der Waals surface area contributed by atoms with Crippen LogP contribution >= 0.6 is 15.9 Å². The number of aromatic nitrogens is 2. The second-order valence-electron chi connectivity index (χ2n) is 3.87. The Morgan fingerprint density at radius 3 is 2.73 bits per heavy atom. The van der Waals surface area contributed by atoms with Gasteiger partial charge in [0.15, 0.2) is 0 Å². The van der Waals surface area contributed by atoms with Crippen molar-refractivity contribution in [3.05, 3.63) is 17.0 Å². The molecule has 82 valence electrons. The molecule has 0 saturated heterocycles. The number of aliphatic hydroxyl groups excluding tert-OH is 1. The molecule has 0 unspecified atom stereocenters. The molecule has 5 heteroatoms. The van der Waals surface area contributed by atoms with Gasteiger partial charge in [-0.2, -0.15) is 0 Å². The van der Waals surface area contributed by atoms with E-state index in [1.165, 1.54) is 6.33 Å². The van der Waals surface area contributed by atoms with Crippen molar-refractivity contribution in [1.82, 2.24) is 9.97 Å². The van der Waals surface area contributed by atoms with Crippen LogP contribution in [-0.4, -0.2) is 27.2 Å². The molecule has 0 bridgehead atoms. The summed E-state index contributed by atoms with van der Waals surface area (Å²) in [7, 11) is 0. The monoisotopic (exact) mass is 271 g/mol. The molecule has 1 aromatic rings. The molecule has 2 rings (SSSR count). The number of anilines is 1. The first-order chi connectivity index (χ1) is 7.25. The highest BCUT2D eigenvalue weighted by atomic mass is 79.9. The highest BCUT2D eigenvalue weighted by Gasteiger charge is 2.19. The maximum absolute atomic E-state index is 9.38. The van der Waals surface area contributed by atoms with E-state index in [4.69, 9.17) is 0 Å². The summed E-state index contributed by atoms with van der Waals surface area (Å²) in [5.74, 6) is 0.839. The van der Waals surface area contributed by atoms with Gasteiger partial charge >= 0.3 is 0 Å². The molecule has 1 aliphatic carbocycles. The fraction of sp³-hybridized carbons (Fsp3) is 0.600. The van der Waals surface area contributed by atoms with Crippen LogP contribution in [0.3, 0.4) is 0 Å². The fourth-order valence-electron chi connectivity index (χ4n) is 1.83. The number of hydrogen-bond donors (Lipinski definition) is 2. The Kier molecular flexibility index (Phi) is 3.53. The molecule has 0 amide bonds. The predicted molar refractivity (Wildman–Crippen MR) is 61.6 cm³/mol. The molecule has 2 N–H and O–H groups in total. The molecule has 1 aromatic heterocycles. The first-order valence-electron chi connectivity index (χ1n) is 5.16. The third-order valence-electron chi connectivity index (χ3n) is 2.71. The normalized spacial score (nSPS) is 26.3. The van der Waals surface area contributed by atoms with Gasteiger partial charge in [0.25, 0.3) is 0 Å². The average molecular weight is 272 g/mol. The van der Waals surface area contributed by atoms with Crippen molar-refractivity contribution in [3.8, 4) is 0 Å². The first-order valence-corrected chi connectivity index (χ1v) is 5.95. The summed E-state index contributed by atoms with van der Waals surface area (Å²) < 4.78 is 0.885. The summed E-state index contributed by atoms with van der Waals surface area (Å²) in [5.41, 5.74) is 0. The Morgan fingerprint density at radius 2 is 2.07 bits per heavy atom. The van der Waals surface area contributed by atoms with Crippen LogP contribution in [0.5, 0.6) is 0 Å². The van der Waals surface area contributed by atoms with E-state index in [0.717, 1.165) is 36.0 Å². The molecular weight excluding hydrogens is 258 g/mol. The van der Waals surface area contributed by atoms with Gasteiger partial charge < -0.3 is 10.4 Å². The molecule has 4 nitrogen and oxygen atoms in total. The summed E-state index contributed by atoms with van der Waals surface area (Å²) in [6, 6.07) is 0.416. The third-order valence-corrected chi connectivity index (χ3v) is 3.29. The van der Waals surface area contributed by atoms with E-state index in [0.29, 0.717) is 6.04 Å². The summed E-state index contributed by atoms with van der Waals surface area (Å²) in [6.07, 6.45) is 6.89. The van der Waals surface area contributed by atoms with Crippen LogP contribution in [0.15, 0.2) is 17.0 Å². The number of aliphatic hydroxyl groups is 1. The summed E-state index contributed by atoms with van der Waals surface area (Å²) in [4.78, 5) is 8.07. The Morgan fingerprint density at radius 1 is 1.33 bits per heavy atom. The predicted octanol–water partition coefficient (Wildman–Crippen LogP) is 1.95. The van der Waals surface area contributed by atoms with Gasteiger partial charge in [0.1, 0.15) is 12.1 Å².